The van der Waals surface area contributed by atoms with Crippen molar-refractivity contribution in [2.24, 2.45) is 0 Å². The van der Waals surface area contributed by atoms with Gasteiger partial charge in [-0.3, -0.25) is 4.79 Å². The predicted molar refractivity (Wildman–Crippen MR) is 113 cm³/mol. The fraction of sp³-hybridized carbons (Fsp3) is 0.261. The number of nitrogens with zero attached hydrogens (tertiary/aromatic N) is 1. The summed E-state index contributed by atoms with van der Waals surface area (Å²) in [7, 11) is 0. The van der Waals surface area contributed by atoms with Crippen LogP contribution < -0.4 is 5.32 Å². The van der Waals surface area contributed by atoms with Crippen molar-refractivity contribution in [3.8, 4) is 11.4 Å². The first kappa shape index (κ1) is 20.3. The van der Waals surface area contributed by atoms with Crippen molar-refractivity contribution in [3.05, 3.63) is 70.5 Å². The predicted octanol–water partition coefficient (Wildman–Crippen LogP) is 4.49. The minimum Gasteiger partial charge on any atom is -0.449 e. The topological polar surface area (TPSA) is 84.1 Å². The third-order valence-electron chi connectivity index (χ3n) is 5.04. The molecule has 0 saturated heterocycles. The van der Waals surface area contributed by atoms with Crippen molar-refractivity contribution < 1.29 is 14.3 Å². The van der Waals surface area contributed by atoms with Crippen LogP contribution in [0.15, 0.2) is 42.5 Å². The average molecular weight is 391 g/mol. The van der Waals surface area contributed by atoms with E-state index in [2.05, 4.69) is 15.3 Å². The Morgan fingerprint density at radius 3 is 2.34 bits per heavy atom. The highest BCUT2D eigenvalue weighted by Crippen LogP contribution is 2.20. The molecule has 2 aromatic carbocycles. The molecule has 3 aromatic rings. The summed E-state index contributed by atoms with van der Waals surface area (Å²) >= 11 is 0. The molecule has 1 amide bonds. The SMILES string of the molecule is Cc1cccc(NC(=O)C(C)OC(=O)c2ccc(-c3nc(C)c(C)[nH]3)cc2)c1C. The van der Waals surface area contributed by atoms with Gasteiger partial charge in [-0.15, -0.1) is 0 Å². The Hall–Kier alpha value is -3.41. The molecular weight excluding hydrogens is 366 g/mol. The Labute approximate surface area is 170 Å². The lowest BCUT2D eigenvalue weighted by Gasteiger charge is -2.15. The van der Waals surface area contributed by atoms with Gasteiger partial charge in [0.05, 0.1) is 11.3 Å². The van der Waals surface area contributed by atoms with E-state index in [4.69, 9.17) is 4.74 Å². The van der Waals surface area contributed by atoms with Gasteiger partial charge >= 0.3 is 5.97 Å². The van der Waals surface area contributed by atoms with Crippen molar-refractivity contribution in [2.75, 3.05) is 5.32 Å². The van der Waals surface area contributed by atoms with Gasteiger partial charge < -0.3 is 15.0 Å². The number of amides is 1. The quantitative estimate of drug-likeness (QED) is 0.628. The summed E-state index contributed by atoms with van der Waals surface area (Å²) in [5.74, 6) is -0.168. The zero-order valence-electron chi connectivity index (χ0n) is 17.3. The highest BCUT2D eigenvalue weighted by Gasteiger charge is 2.20. The molecule has 0 aliphatic rings. The van der Waals surface area contributed by atoms with E-state index in [0.717, 1.165) is 33.9 Å². The van der Waals surface area contributed by atoms with Crippen molar-refractivity contribution in [1.29, 1.82) is 0 Å². The molecule has 150 valence electrons. The van der Waals surface area contributed by atoms with Gasteiger partial charge in [0.25, 0.3) is 5.91 Å². The molecule has 0 aliphatic carbocycles. The second-order valence-corrected chi connectivity index (χ2v) is 7.16. The van der Waals surface area contributed by atoms with Crippen molar-refractivity contribution in [2.45, 2.75) is 40.7 Å². The van der Waals surface area contributed by atoms with E-state index in [1.54, 1.807) is 31.2 Å². The number of ether oxygens (including phenoxy) is 1. The molecule has 29 heavy (non-hydrogen) atoms. The normalized spacial score (nSPS) is 11.8. The van der Waals surface area contributed by atoms with Gasteiger partial charge in [0.1, 0.15) is 5.82 Å². The Kier molecular flexibility index (Phi) is 5.82. The molecule has 1 heterocycles. The fourth-order valence-electron chi connectivity index (χ4n) is 2.85. The number of carbonyl (C=O) groups excluding carboxylic acids is 2. The number of hydrogen-bond acceptors (Lipinski definition) is 4. The number of imidazole rings is 1. The fourth-order valence-corrected chi connectivity index (χ4v) is 2.85. The molecular formula is C23H25N3O3. The van der Waals surface area contributed by atoms with E-state index in [1.165, 1.54) is 0 Å². The van der Waals surface area contributed by atoms with Gasteiger partial charge in [0.2, 0.25) is 0 Å². The molecule has 3 rings (SSSR count). The number of carbonyl (C=O) groups is 2. The van der Waals surface area contributed by atoms with E-state index < -0.39 is 12.1 Å². The summed E-state index contributed by atoms with van der Waals surface area (Å²) in [5, 5.41) is 2.82. The second kappa shape index (κ2) is 8.31. The standard InChI is InChI=1S/C23H25N3O3/c1-13-7-6-8-20(14(13)2)26-22(27)17(5)29-23(28)19-11-9-18(10-12-19)21-24-15(3)16(4)25-21/h6-12,17H,1-5H3,(H,24,25)(H,26,27). The Morgan fingerprint density at radius 1 is 1.03 bits per heavy atom. The van der Waals surface area contributed by atoms with E-state index in [0.29, 0.717) is 11.3 Å². The van der Waals surface area contributed by atoms with Crippen LogP contribution in [0.4, 0.5) is 5.69 Å². The number of esters is 1. The first-order valence-electron chi connectivity index (χ1n) is 9.48. The number of H-pyrrole nitrogens is 1. The Bertz CT molecular complexity index is 1030. The zero-order chi connectivity index (χ0) is 21.1. The molecule has 0 bridgehead atoms. The van der Waals surface area contributed by atoms with Crippen molar-refractivity contribution in [1.82, 2.24) is 9.97 Å². The first-order valence-corrected chi connectivity index (χ1v) is 9.48. The van der Waals surface area contributed by atoms with Crippen LogP contribution in [0.5, 0.6) is 0 Å². The lowest BCUT2D eigenvalue weighted by molar-refractivity contribution is -0.123. The van der Waals surface area contributed by atoms with Gasteiger partial charge in [0, 0.05) is 16.9 Å². The molecule has 0 fully saturated rings. The first-order chi connectivity index (χ1) is 13.8. The minimum absolute atomic E-state index is 0.370. The lowest BCUT2D eigenvalue weighted by Crippen LogP contribution is -2.30. The maximum absolute atomic E-state index is 12.4. The number of benzene rings is 2. The van der Waals surface area contributed by atoms with Crippen LogP contribution in [0.25, 0.3) is 11.4 Å². The van der Waals surface area contributed by atoms with E-state index >= 15 is 0 Å². The summed E-state index contributed by atoms with van der Waals surface area (Å²) in [6, 6.07) is 12.6. The lowest BCUT2D eigenvalue weighted by atomic mass is 10.1. The van der Waals surface area contributed by atoms with Gasteiger partial charge in [-0.05, 0) is 63.9 Å². The van der Waals surface area contributed by atoms with Gasteiger partial charge in [-0.1, -0.05) is 24.3 Å². The summed E-state index contributed by atoms with van der Waals surface area (Å²) < 4.78 is 5.33. The average Bonchev–Trinajstić information content (AvgIpc) is 3.04. The van der Waals surface area contributed by atoms with Crippen molar-refractivity contribution >= 4 is 17.6 Å². The van der Waals surface area contributed by atoms with Gasteiger partial charge in [0.15, 0.2) is 6.10 Å². The van der Waals surface area contributed by atoms with Crippen LogP contribution in [0.2, 0.25) is 0 Å². The van der Waals surface area contributed by atoms with Crippen LogP contribution in [0, 0.1) is 27.7 Å². The number of rotatable bonds is 5. The Balaban J connectivity index is 1.64. The highest BCUT2D eigenvalue weighted by molar-refractivity contribution is 5.98. The number of anilines is 1. The minimum atomic E-state index is -0.919. The summed E-state index contributed by atoms with van der Waals surface area (Å²) in [6.45, 7) is 9.36. The monoisotopic (exact) mass is 391 g/mol. The molecule has 6 heteroatoms. The van der Waals surface area contributed by atoms with Crippen LogP contribution in [0.1, 0.15) is 39.8 Å². The summed E-state index contributed by atoms with van der Waals surface area (Å²) in [4.78, 5) is 32.5. The maximum Gasteiger partial charge on any atom is 0.338 e. The van der Waals surface area contributed by atoms with Crippen LogP contribution in [0.3, 0.4) is 0 Å². The van der Waals surface area contributed by atoms with E-state index in [9.17, 15) is 9.59 Å². The third-order valence-corrected chi connectivity index (χ3v) is 5.04. The van der Waals surface area contributed by atoms with Crippen LogP contribution >= 0.6 is 0 Å². The molecule has 0 radical (unpaired) electrons. The number of aromatic nitrogens is 2. The van der Waals surface area contributed by atoms with Gasteiger partial charge in [-0.2, -0.15) is 0 Å². The van der Waals surface area contributed by atoms with E-state index in [1.807, 2.05) is 45.9 Å². The molecule has 0 saturated carbocycles. The van der Waals surface area contributed by atoms with Crippen molar-refractivity contribution in [3.63, 3.8) is 0 Å². The zero-order valence-corrected chi connectivity index (χ0v) is 17.3. The maximum atomic E-state index is 12.4. The summed E-state index contributed by atoms with van der Waals surface area (Å²) in [6.07, 6.45) is -0.919. The second-order valence-electron chi connectivity index (χ2n) is 7.16. The Morgan fingerprint density at radius 2 is 1.72 bits per heavy atom. The molecule has 0 aliphatic heterocycles. The number of aryl methyl sites for hydroxylation is 3. The number of nitrogens with one attached hydrogen (secondary N) is 2. The number of aromatic amines is 1. The third kappa shape index (κ3) is 4.54. The molecule has 1 aromatic heterocycles. The highest BCUT2D eigenvalue weighted by atomic mass is 16.5. The number of hydrogen-bond donors (Lipinski definition) is 2. The molecule has 1 unspecified atom stereocenters. The molecule has 6 nitrogen and oxygen atoms in total. The van der Waals surface area contributed by atoms with Crippen LogP contribution in [-0.2, 0) is 9.53 Å². The largest absolute Gasteiger partial charge is 0.449 e. The smallest absolute Gasteiger partial charge is 0.338 e. The van der Waals surface area contributed by atoms with Crippen LogP contribution in [-0.4, -0.2) is 27.9 Å². The molecule has 1 atom stereocenters. The molecule has 0 spiro atoms. The summed E-state index contributed by atoms with van der Waals surface area (Å²) in [5.41, 5.74) is 5.97. The van der Waals surface area contributed by atoms with E-state index in [-0.39, 0.29) is 5.91 Å². The van der Waals surface area contributed by atoms with Gasteiger partial charge in [-0.25, -0.2) is 9.78 Å². The molecule has 2 N–H and O–H groups in total.